The Hall–Kier alpha value is -1.19. The maximum Gasteiger partial charge on any atom is 0.148 e. The summed E-state index contributed by atoms with van der Waals surface area (Å²) in [5.41, 5.74) is 7.80. The minimum absolute atomic E-state index is 0.448. The molecule has 98 valence electrons. The predicted molar refractivity (Wildman–Crippen MR) is 74.2 cm³/mol. The van der Waals surface area contributed by atoms with E-state index >= 15 is 0 Å². The van der Waals surface area contributed by atoms with Gasteiger partial charge in [0.1, 0.15) is 5.82 Å². The number of nitrogen functional groups attached to an aromatic ring is 1. The molecule has 0 saturated heterocycles. The molecule has 4 heteroatoms. The van der Waals surface area contributed by atoms with Crippen LogP contribution in [0.2, 0.25) is 0 Å². The van der Waals surface area contributed by atoms with Crippen LogP contribution < -0.4 is 11.1 Å². The average molecular weight is 238 g/mol. The van der Waals surface area contributed by atoms with Gasteiger partial charge in [0.2, 0.25) is 0 Å². The number of nitrogens with zero attached hydrogens (tertiary/aromatic N) is 2. The molecule has 1 rings (SSSR count). The number of aromatic nitrogens is 2. The third kappa shape index (κ3) is 3.14. The first-order valence-corrected chi connectivity index (χ1v) is 6.60. The Kier molecular flexibility index (Phi) is 4.85. The molecular formula is C13H26N4. The lowest BCUT2D eigenvalue weighted by molar-refractivity contribution is 0.501. The summed E-state index contributed by atoms with van der Waals surface area (Å²) < 4.78 is 2.00. The van der Waals surface area contributed by atoms with Crippen LogP contribution in [-0.2, 0) is 6.54 Å². The van der Waals surface area contributed by atoms with Crippen LogP contribution in [-0.4, -0.2) is 15.8 Å². The van der Waals surface area contributed by atoms with Crippen LogP contribution in [0.25, 0.3) is 0 Å². The van der Waals surface area contributed by atoms with E-state index in [4.69, 9.17) is 5.73 Å². The van der Waals surface area contributed by atoms with E-state index in [9.17, 15) is 0 Å². The fourth-order valence-electron chi connectivity index (χ4n) is 2.04. The number of rotatable bonds is 6. The van der Waals surface area contributed by atoms with Gasteiger partial charge >= 0.3 is 0 Å². The molecule has 17 heavy (non-hydrogen) atoms. The Balaban J connectivity index is 2.95. The molecule has 1 unspecified atom stereocenters. The minimum Gasteiger partial charge on any atom is -0.394 e. The van der Waals surface area contributed by atoms with Crippen LogP contribution in [0.3, 0.4) is 0 Å². The van der Waals surface area contributed by atoms with Crippen LogP contribution in [0, 0.1) is 12.8 Å². The SMILES string of the molecule is CCCn1nc(C)c(N)c1NC(CC)C(C)C. The molecular weight excluding hydrogens is 212 g/mol. The summed E-state index contributed by atoms with van der Waals surface area (Å²) in [5, 5.41) is 8.02. The van der Waals surface area contributed by atoms with E-state index in [1.165, 1.54) is 0 Å². The topological polar surface area (TPSA) is 55.9 Å². The second-order valence-corrected chi connectivity index (χ2v) is 4.97. The van der Waals surface area contributed by atoms with Gasteiger partial charge in [-0.15, -0.1) is 0 Å². The molecule has 4 nitrogen and oxygen atoms in total. The van der Waals surface area contributed by atoms with Gasteiger partial charge in [-0.25, -0.2) is 4.68 Å². The zero-order valence-electron chi connectivity index (χ0n) is 11.7. The highest BCUT2D eigenvalue weighted by Gasteiger charge is 2.17. The summed E-state index contributed by atoms with van der Waals surface area (Å²) in [6.45, 7) is 11.7. The predicted octanol–water partition coefficient (Wildman–Crippen LogP) is 3.03. The molecule has 1 aromatic heterocycles. The monoisotopic (exact) mass is 238 g/mol. The maximum absolute atomic E-state index is 6.09. The van der Waals surface area contributed by atoms with Gasteiger partial charge in [0.15, 0.2) is 0 Å². The summed E-state index contributed by atoms with van der Waals surface area (Å²) in [5.74, 6) is 1.58. The first-order chi connectivity index (χ1) is 8.01. The lowest BCUT2D eigenvalue weighted by Gasteiger charge is -2.22. The Morgan fingerprint density at radius 2 is 2.00 bits per heavy atom. The Labute approximate surface area is 105 Å². The molecule has 0 amide bonds. The average Bonchev–Trinajstić information content (AvgIpc) is 2.52. The van der Waals surface area contributed by atoms with Crippen LogP contribution in [0.4, 0.5) is 11.5 Å². The van der Waals surface area contributed by atoms with E-state index in [0.717, 1.165) is 36.6 Å². The quantitative estimate of drug-likeness (QED) is 0.801. The largest absolute Gasteiger partial charge is 0.394 e. The van der Waals surface area contributed by atoms with Gasteiger partial charge < -0.3 is 11.1 Å². The normalized spacial score (nSPS) is 13.1. The third-order valence-electron chi connectivity index (χ3n) is 3.18. The highest BCUT2D eigenvalue weighted by molar-refractivity contribution is 5.65. The van der Waals surface area contributed by atoms with Crippen molar-refractivity contribution in [1.82, 2.24) is 9.78 Å². The van der Waals surface area contributed by atoms with Crippen LogP contribution in [0.5, 0.6) is 0 Å². The number of anilines is 2. The van der Waals surface area contributed by atoms with Crippen molar-refractivity contribution >= 4 is 11.5 Å². The fraction of sp³-hybridized carbons (Fsp3) is 0.769. The van der Waals surface area contributed by atoms with E-state index in [0.29, 0.717) is 12.0 Å². The fourth-order valence-corrected chi connectivity index (χ4v) is 2.04. The highest BCUT2D eigenvalue weighted by Crippen LogP contribution is 2.25. The van der Waals surface area contributed by atoms with Crippen molar-refractivity contribution in [3.63, 3.8) is 0 Å². The van der Waals surface area contributed by atoms with Crippen LogP contribution in [0.15, 0.2) is 0 Å². The standard InChI is InChI=1S/C13H26N4/c1-6-8-17-13(12(14)10(5)16-17)15-11(7-2)9(3)4/h9,11,15H,6-8,14H2,1-5H3. The summed E-state index contributed by atoms with van der Waals surface area (Å²) in [4.78, 5) is 0. The van der Waals surface area contributed by atoms with Crippen molar-refractivity contribution < 1.29 is 0 Å². The van der Waals surface area contributed by atoms with Gasteiger partial charge in [0.25, 0.3) is 0 Å². The number of nitrogens with one attached hydrogen (secondary N) is 1. The molecule has 0 aromatic carbocycles. The molecule has 3 N–H and O–H groups in total. The molecule has 1 atom stereocenters. The second-order valence-electron chi connectivity index (χ2n) is 4.97. The van der Waals surface area contributed by atoms with Gasteiger partial charge in [0.05, 0.1) is 11.4 Å². The molecule has 0 bridgehead atoms. The van der Waals surface area contributed by atoms with E-state index < -0.39 is 0 Å². The smallest absolute Gasteiger partial charge is 0.148 e. The molecule has 0 aliphatic heterocycles. The number of hydrogen-bond donors (Lipinski definition) is 2. The van der Waals surface area contributed by atoms with Crippen molar-refractivity contribution in [3.8, 4) is 0 Å². The molecule has 0 spiro atoms. The van der Waals surface area contributed by atoms with Crippen molar-refractivity contribution in [2.45, 2.75) is 60.0 Å². The van der Waals surface area contributed by atoms with E-state index in [1.54, 1.807) is 0 Å². The lowest BCUT2D eigenvalue weighted by Crippen LogP contribution is -2.26. The molecule has 0 radical (unpaired) electrons. The Morgan fingerprint density at radius 1 is 1.35 bits per heavy atom. The lowest BCUT2D eigenvalue weighted by atomic mass is 10.0. The summed E-state index contributed by atoms with van der Waals surface area (Å²) >= 11 is 0. The molecule has 0 aliphatic carbocycles. The maximum atomic E-state index is 6.09. The minimum atomic E-state index is 0.448. The molecule has 0 fully saturated rings. The Morgan fingerprint density at radius 3 is 2.47 bits per heavy atom. The molecule has 1 heterocycles. The van der Waals surface area contributed by atoms with Crippen molar-refractivity contribution in [3.05, 3.63) is 5.69 Å². The number of nitrogens with two attached hydrogens (primary N) is 1. The molecule has 0 saturated carbocycles. The second kappa shape index (κ2) is 5.94. The van der Waals surface area contributed by atoms with Crippen LogP contribution in [0.1, 0.15) is 46.2 Å². The zero-order chi connectivity index (χ0) is 13.0. The van der Waals surface area contributed by atoms with Crippen molar-refractivity contribution in [2.75, 3.05) is 11.1 Å². The summed E-state index contributed by atoms with van der Waals surface area (Å²) in [6.07, 6.45) is 2.15. The molecule has 1 aromatic rings. The van der Waals surface area contributed by atoms with Gasteiger partial charge in [-0.2, -0.15) is 5.10 Å². The van der Waals surface area contributed by atoms with E-state index in [-0.39, 0.29) is 0 Å². The van der Waals surface area contributed by atoms with Crippen molar-refractivity contribution in [2.24, 2.45) is 5.92 Å². The van der Waals surface area contributed by atoms with E-state index in [1.807, 2.05) is 11.6 Å². The van der Waals surface area contributed by atoms with Gasteiger partial charge in [0, 0.05) is 12.6 Å². The highest BCUT2D eigenvalue weighted by atomic mass is 15.3. The van der Waals surface area contributed by atoms with Crippen molar-refractivity contribution in [1.29, 1.82) is 0 Å². The first-order valence-electron chi connectivity index (χ1n) is 6.60. The number of aryl methyl sites for hydroxylation is 2. The van der Waals surface area contributed by atoms with Gasteiger partial charge in [-0.1, -0.05) is 27.7 Å². The van der Waals surface area contributed by atoms with E-state index in [2.05, 4.69) is 38.1 Å². The van der Waals surface area contributed by atoms with Crippen LogP contribution >= 0.6 is 0 Å². The third-order valence-corrected chi connectivity index (χ3v) is 3.18. The Bertz CT molecular complexity index is 355. The molecule has 0 aliphatic rings. The zero-order valence-corrected chi connectivity index (χ0v) is 11.7. The first kappa shape index (κ1) is 13.9. The summed E-state index contributed by atoms with van der Waals surface area (Å²) in [7, 11) is 0. The van der Waals surface area contributed by atoms with Gasteiger partial charge in [-0.05, 0) is 25.7 Å². The summed E-state index contributed by atoms with van der Waals surface area (Å²) in [6, 6.07) is 0.448. The number of hydrogen-bond acceptors (Lipinski definition) is 3. The van der Waals surface area contributed by atoms with Gasteiger partial charge in [-0.3, -0.25) is 0 Å².